The molecule has 0 saturated carbocycles. The summed E-state index contributed by atoms with van der Waals surface area (Å²) in [5.74, 6) is -0.443. The number of rotatable bonds is 3. The highest BCUT2D eigenvalue weighted by Gasteiger charge is 2.14. The van der Waals surface area contributed by atoms with E-state index < -0.39 is 12.0 Å². The monoisotopic (exact) mass is 283 g/mol. The van der Waals surface area contributed by atoms with Crippen molar-refractivity contribution >= 4 is 41.6 Å². The van der Waals surface area contributed by atoms with Gasteiger partial charge in [-0.2, -0.15) is 0 Å². The van der Waals surface area contributed by atoms with Gasteiger partial charge in [0.1, 0.15) is 6.04 Å². The zero-order valence-corrected chi connectivity index (χ0v) is 10.9. The number of ether oxygens (including phenoxy) is 1. The molecular formula is C10H12Cl3NO2. The van der Waals surface area contributed by atoms with Crippen molar-refractivity contribution in [2.24, 2.45) is 5.73 Å². The summed E-state index contributed by atoms with van der Waals surface area (Å²) in [4.78, 5) is 11.1. The van der Waals surface area contributed by atoms with E-state index in [-0.39, 0.29) is 12.4 Å². The molecule has 0 bridgehead atoms. The largest absolute Gasteiger partial charge is 0.468 e. The van der Waals surface area contributed by atoms with Crippen molar-refractivity contribution in [3.8, 4) is 0 Å². The number of halogens is 3. The molecule has 6 heteroatoms. The van der Waals surface area contributed by atoms with Gasteiger partial charge in [0.25, 0.3) is 0 Å². The van der Waals surface area contributed by atoms with Crippen LogP contribution in [-0.2, 0) is 16.0 Å². The molecule has 3 nitrogen and oxygen atoms in total. The van der Waals surface area contributed by atoms with Gasteiger partial charge in [-0.05, 0) is 24.1 Å². The van der Waals surface area contributed by atoms with E-state index in [9.17, 15) is 4.79 Å². The summed E-state index contributed by atoms with van der Waals surface area (Å²) in [6, 6.07) is 4.46. The first-order valence-electron chi connectivity index (χ1n) is 4.32. The van der Waals surface area contributed by atoms with Crippen molar-refractivity contribution < 1.29 is 9.53 Å². The Bertz CT molecular complexity index is 371. The van der Waals surface area contributed by atoms with E-state index in [1.54, 1.807) is 18.2 Å². The van der Waals surface area contributed by atoms with E-state index >= 15 is 0 Å². The molecule has 0 fully saturated rings. The lowest BCUT2D eigenvalue weighted by Crippen LogP contribution is -2.33. The van der Waals surface area contributed by atoms with E-state index in [1.807, 2.05) is 0 Å². The van der Waals surface area contributed by atoms with Gasteiger partial charge in [-0.1, -0.05) is 29.3 Å². The fraction of sp³-hybridized carbons (Fsp3) is 0.300. The highest BCUT2D eigenvalue weighted by atomic mass is 35.5. The summed E-state index contributed by atoms with van der Waals surface area (Å²) >= 11 is 11.6. The molecule has 0 saturated heterocycles. The number of nitrogens with two attached hydrogens (primary N) is 1. The van der Waals surface area contributed by atoms with Gasteiger partial charge in [0, 0.05) is 0 Å². The standard InChI is InChI=1S/C10H11Cl2NO2.ClH/c1-15-10(14)9(13)5-6-2-3-7(11)8(12)4-6;/h2-4,9H,5,13H2,1H3;1H. The quantitative estimate of drug-likeness (QED) is 0.868. The third-order valence-corrected chi connectivity index (χ3v) is 2.68. The van der Waals surface area contributed by atoms with E-state index in [0.29, 0.717) is 16.5 Å². The summed E-state index contributed by atoms with van der Waals surface area (Å²) in [5, 5.41) is 0.929. The molecule has 0 aliphatic rings. The highest BCUT2D eigenvalue weighted by molar-refractivity contribution is 6.42. The average Bonchev–Trinajstić information content (AvgIpc) is 2.22. The van der Waals surface area contributed by atoms with E-state index in [2.05, 4.69) is 4.74 Å². The Balaban J connectivity index is 0.00000225. The second kappa shape index (κ2) is 6.97. The smallest absolute Gasteiger partial charge is 0.322 e. The maximum Gasteiger partial charge on any atom is 0.322 e. The summed E-state index contributed by atoms with van der Waals surface area (Å²) in [6.45, 7) is 0. The Hall–Kier alpha value is -0.480. The zero-order valence-electron chi connectivity index (χ0n) is 8.57. The second-order valence-corrected chi connectivity index (χ2v) is 3.90. The molecule has 0 spiro atoms. The van der Waals surface area contributed by atoms with Crippen LogP contribution in [-0.4, -0.2) is 19.1 Å². The minimum atomic E-state index is -0.674. The van der Waals surface area contributed by atoms with Gasteiger partial charge in [-0.3, -0.25) is 4.79 Å². The third kappa shape index (κ3) is 4.18. The van der Waals surface area contributed by atoms with Gasteiger partial charge in [0.2, 0.25) is 0 Å². The van der Waals surface area contributed by atoms with Crippen molar-refractivity contribution in [2.75, 3.05) is 7.11 Å². The third-order valence-electron chi connectivity index (χ3n) is 1.94. The predicted octanol–water partition coefficient (Wildman–Crippen LogP) is 2.46. The van der Waals surface area contributed by atoms with Gasteiger partial charge in [0.15, 0.2) is 0 Å². The number of carbonyl (C=O) groups excluding carboxylic acids is 1. The maximum absolute atomic E-state index is 11.1. The Morgan fingerprint density at radius 3 is 2.56 bits per heavy atom. The predicted molar refractivity (Wildman–Crippen MR) is 67.4 cm³/mol. The Kier molecular flexibility index (Phi) is 6.76. The van der Waals surface area contributed by atoms with Crippen molar-refractivity contribution in [3.63, 3.8) is 0 Å². The molecule has 0 aliphatic heterocycles. The lowest BCUT2D eigenvalue weighted by Gasteiger charge is -2.09. The molecule has 1 rings (SSSR count). The van der Waals surface area contributed by atoms with E-state index in [1.165, 1.54) is 7.11 Å². The molecule has 0 aromatic heterocycles. The van der Waals surface area contributed by atoms with E-state index in [0.717, 1.165) is 5.56 Å². The number of esters is 1. The van der Waals surface area contributed by atoms with Gasteiger partial charge in [-0.25, -0.2) is 0 Å². The topological polar surface area (TPSA) is 52.3 Å². The van der Waals surface area contributed by atoms with Crippen LogP contribution in [0.25, 0.3) is 0 Å². The number of benzene rings is 1. The van der Waals surface area contributed by atoms with Gasteiger partial charge in [0.05, 0.1) is 17.2 Å². The molecule has 16 heavy (non-hydrogen) atoms. The molecule has 90 valence electrons. The van der Waals surface area contributed by atoms with Crippen LogP contribution in [0.4, 0.5) is 0 Å². The molecule has 0 aliphatic carbocycles. The van der Waals surface area contributed by atoms with Gasteiger partial charge in [-0.15, -0.1) is 12.4 Å². The number of carbonyl (C=O) groups is 1. The van der Waals surface area contributed by atoms with Crippen LogP contribution < -0.4 is 5.73 Å². The number of hydrogen-bond donors (Lipinski definition) is 1. The molecular weight excluding hydrogens is 272 g/mol. The van der Waals surface area contributed by atoms with Crippen LogP contribution in [0.3, 0.4) is 0 Å². The number of hydrogen-bond acceptors (Lipinski definition) is 3. The minimum absolute atomic E-state index is 0. The highest BCUT2D eigenvalue weighted by Crippen LogP contribution is 2.23. The lowest BCUT2D eigenvalue weighted by atomic mass is 10.1. The Morgan fingerprint density at radius 1 is 1.44 bits per heavy atom. The molecule has 2 N–H and O–H groups in total. The van der Waals surface area contributed by atoms with Crippen LogP contribution in [0, 0.1) is 0 Å². The second-order valence-electron chi connectivity index (χ2n) is 3.08. The van der Waals surface area contributed by atoms with Crippen LogP contribution in [0.5, 0.6) is 0 Å². The van der Waals surface area contributed by atoms with Gasteiger partial charge >= 0.3 is 5.97 Å². The fourth-order valence-corrected chi connectivity index (χ4v) is 1.48. The van der Waals surface area contributed by atoms with Crippen molar-refractivity contribution in [3.05, 3.63) is 33.8 Å². The molecule has 0 amide bonds. The molecule has 0 heterocycles. The first-order chi connectivity index (χ1) is 7.04. The first-order valence-corrected chi connectivity index (χ1v) is 5.07. The van der Waals surface area contributed by atoms with Crippen molar-refractivity contribution in [1.82, 2.24) is 0 Å². The van der Waals surface area contributed by atoms with Crippen LogP contribution in [0.15, 0.2) is 18.2 Å². The summed E-state index contributed by atoms with van der Waals surface area (Å²) in [7, 11) is 1.30. The Morgan fingerprint density at radius 2 is 2.06 bits per heavy atom. The normalized spacial score (nSPS) is 11.5. The molecule has 0 radical (unpaired) electrons. The molecule has 1 atom stereocenters. The summed E-state index contributed by atoms with van der Waals surface area (Å²) in [5.41, 5.74) is 6.45. The van der Waals surface area contributed by atoms with Crippen molar-refractivity contribution in [2.45, 2.75) is 12.5 Å². The Labute approximate surface area is 110 Å². The van der Waals surface area contributed by atoms with Gasteiger partial charge < -0.3 is 10.5 Å². The maximum atomic E-state index is 11.1. The SMILES string of the molecule is COC(=O)C(N)Cc1ccc(Cl)c(Cl)c1.Cl. The number of methoxy groups -OCH3 is 1. The lowest BCUT2D eigenvalue weighted by molar-refractivity contribution is -0.142. The fourth-order valence-electron chi connectivity index (χ4n) is 1.16. The molecule has 1 aromatic carbocycles. The minimum Gasteiger partial charge on any atom is -0.468 e. The van der Waals surface area contributed by atoms with Crippen LogP contribution >= 0.6 is 35.6 Å². The summed E-state index contributed by atoms with van der Waals surface area (Å²) < 4.78 is 4.52. The van der Waals surface area contributed by atoms with E-state index in [4.69, 9.17) is 28.9 Å². The van der Waals surface area contributed by atoms with Crippen molar-refractivity contribution in [1.29, 1.82) is 0 Å². The molecule has 1 unspecified atom stereocenters. The average molecular weight is 285 g/mol. The van der Waals surface area contributed by atoms with Crippen LogP contribution in [0.1, 0.15) is 5.56 Å². The molecule has 1 aromatic rings. The zero-order chi connectivity index (χ0) is 11.4. The summed E-state index contributed by atoms with van der Waals surface area (Å²) in [6.07, 6.45) is 0.379. The first kappa shape index (κ1) is 15.5. The van der Waals surface area contributed by atoms with Crippen LogP contribution in [0.2, 0.25) is 10.0 Å².